The topological polar surface area (TPSA) is 89.3 Å². The summed E-state index contributed by atoms with van der Waals surface area (Å²) < 4.78 is 35.8. The van der Waals surface area contributed by atoms with Gasteiger partial charge in [-0.15, -0.1) is 0 Å². The number of hydrogen-bond acceptors (Lipinski definition) is 4. The molecule has 0 bridgehead atoms. The largest absolute Gasteiger partial charge is 0.366 e. The van der Waals surface area contributed by atoms with Crippen molar-refractivity contribution in [3.63, 3.8) is 0 Å². The lowest BCUT2D eigenvalue weighted by Gasteiger charge is -2.13. The number of sulfone groups is 1. The van der Waals surface area contributed by atoms with Gasteiger partial charge in [0.05, 0.1) is 5.75 Å². The molecule has 19 heavy (non-hydrogen) atoms. The van der Waals surface area contributed by atoms with Crippen molar-refractivity contribution in [1.82, 2.24) is 5.32 Å². The SMILES string of the molecule is CC(CS(C)(=O)=O)NCc1ccc(C(N)=O)cc1F. The highest BCUT2D eigenvalue weighted by Gasteiger charge is 2.12. The van der Waals surface area contributed by atoms with E-state index in [4.69, 9.17) is 5.73 Å². The molecule has 1 unspecified atom stereocenters. The summed E-state index contributed by atoms with van der Waals surface area (Å²) in [4.78, 5) is 10.9. The van der Waals surface area contributed by atoms with Gasteiger partial charge in [0.25, 0.3) is 0 Å². The Morgan fingerprint density at radius 3 is 2.58 bits per heavy atom. The number of carbonyl (C=O) groups excluding carboxylic acids is 1. The summed E-state index contributed by atoms with van der Waals surface area (Å²) >= 11 is 0. The first-order chi connectivity index (χ1) is 8.69. The molecule has 1 aromatic rings. The molecule has 1 atom stereocenters. The van der Waals surface area contributed by atoms with Gasteiger partial charge in [-0.1, -0.05) is 6.07 Å². The molecule has 1 aromatic carbocycles. The Morgan fingerprint density at radius 1 is 1.47 bits per heavy atom. The van der Waals surface area contributed by atoms with Gasteiger partial charge in [0.2, 0.25) is 5.91 Å². The molecule has 3 N–H and O–H groups in total. The number of hydrogen-bond donors (Lipinski definition) is 2. The second-order valence-electron chi connectivity index (χ2n) is 4.54. The zero-order valence-corrected chi connectivity index (χ0v) is 11.6. The molecule has 0 aliphatic heterocycles. The lowest BCUT2D eigenvalue weighted by Crippen LogP contribution is -2.32. The number of nitrogens with two attached hydrogens (primary N) is 1. The summed E-state index contributed by atoms with van der Waals surface area (Å²) in [5, 5.41) is 2.91. The summed E-state index contributed by atoms with van der Waals surface area (Å²) in [6, 6.07) is 3.67. The molecule has 1 amide bonds. The maximum atomic E-state index is 13.6. The minimum Gasteiger partial charge on any atom is -0.366 e. The maximum Gasteiger partial charge on any atom is 0.248 e. The van der Waals surface area contributed by atoms with Gasteiger partial charge in [-0.3, -0.25) is 4.79 Å². The van der Waals surface area contributed by atoms with Gasteiger partial charge in [0.15, 0.2) is 0 Å². The smallest absolute Gasteiger partial charge is 0.248 e. The summed E-state index contributed by atoms with van der Waals surface area (Å²) in [5.74, 6) is -1.26. The van der Waals surface area contributed by atoms with E-state index in [1.165, 1.54) is 12.1 Å². The van der Waals surface area contributed by atoms with Crippen molar-refractivity contribution in [2.24, 2.45) is 5.73 Å². The summed E-state index contributed by atoms with van der Waals surface area (Å²) in [5.41, 5.74) is 5.49. The summed E-state index contributed by atoms with van der Waals surface area (Å²) in [6.45, 7) is 1.89. The van der Waals surface area contributed by atoms with Crippen molar-refractivity contribution in [3.8, 4) is 0 Å². The van der Waals surface area contributed by atoms with E-state index in [2.05, 4.69) is 5.32 Å². The minimum absolute atomic E-state index is 0.0199. The molecule has 106 valence electrons. The lowest BCUT2D eigenvalue weighted by atomic mass is 10.1. The Morgan fingerprint density at radius 2 is 2.11 bits per heavy atom. The Balaban J connectivity index is 2.66. The standard InChI is InChI=1S/C12H17FN2O3S/c1-8(7-19(2,17)18)15-6-10-4-3-9(12(14)16)5-11(10)13/h3-5,8,15H,6-7H2,1-2H3,(H2,14,16). The average Bonchev–Trinajstić information content (AvgIpc) is 2.24. The van der Waals surface area contributed by atoms with Gasteiger partial charge in [-0.05, 0) is 19.1 Å². The first-order valence-corrected chi connectivity index (χ1v) is 7.74. The molecule has 0 radical (unpaired) electrons. The van der Waals surface area contributed by atoms with Gasteiger partial charge in [0.1, 0.15) is 15.7 Å². The monoisotopic (exact) mass is 288 g/mol. The number of halogens is 1. The van der Waals surface area contributed by atoms with Crippen LogP contribution in [-0.4, -0.2) is 32.4 Å². The fourth-order valence-corrected chi connectivity index (χ4v) is 2.67. The summed E-state index contributed by atoms with van der Waals surface area (Å²) in [6.07, 6.45) is 1.15. The van der Waals surface area contributed by atoms with Crippen LogP contribution in [0.15, 0.2) is 18.2 Å². The number of primary amides is 1. The van der Waals surface area contributed by atoms with E-state index in [-0.39, 0.29) is 23.9 Å². The molecular weight excluding hydrogens is 271 g/mol. The van der Waals surface area contributed by atoms with E-state index in [1.807, 2.05) is 0 Å². The van der Waals surface area contributed by atoms with E-state index in [1.54, 1.807) is 6.92 Å². The molecule has 0 heterocycles. The quantitative estimate of drug-likeness (QED) is 0.795. The third kappa shape index (κ3) is 5.35. The Hall–Kier alpha value is -1.47. The molecule has 0 aliphatic carbocycles. The van der Waals surface area contributed by atoms with E-state index >= 15 is 0 Å². The summed E-state index contributed by atoms with van der Waals surface area (Å²) in [7, 11) is -3.07. The fourth-order valence-electron chi connectivity index (χ4n) is 1.64. The molecule has 0 aromatic heterocycles. The fraction of sp³-hybridized carbons (Fsp3) is 0.417. The van der Waals surface area contributed by atoms with Crippen molar-refractivity contribution in [3.05, 3.63) is 35.1 Å². The van der Waals surface area contributed by atoms with Crippen molar-refractivity contribution < 1.29 is 17.6 Å². The lowest BCUT2D eigenvalue weighted by molar-refractivity contribution is 0.1000. The van der Waals surface area contributed by atoms with Crippen molar-refractivity contribution >= 4 is 15.7 Å². The first-order valence-electron chi connectivity index (χ1n) is 5.68. The predicted octanol–water partition coefficient (Wildman–Crippen LogP) is 0.447. The van der Waals surface area contributed by atoms with Crippen LogP contribution < -0.4 is 11.1 Å². The molecule has 7 heteroatoms. The van der Waals surface area contributed by atoms with Crippen molar-refractivity contribution in [2.45, 2.75) is 19.5 Å². The van der Waals surface area contributed by atoms with Gasteiger partial charge in [0, 0.05) is 30.0 Å². The van der Waals surface area contributed by atoms with Crippen LogP contribution in [0, 0.1) is 5.82 Å². The highest BCUT2D eigenvalue weighted by Crippen LogP contribution is 2.10. The third-order valence-electron chi connectivity index (χ3n) is 2.53. The molecule has 0 spiro atoms. The van der Waals surface area contributed by atoms with Crippen LogP contribution in [0.1, 0.15) is 22.8 Å². The van der Waals surface area contributed by atoms with Crippen LogP contribution >= 0.6 is 0 Å². The number of benzene rings is 1. The van der Waals surface area contributed by atoms with E-state index in [0.717, 1.165) is 12.3 Å². The molecular formula is C12H17FN2O3S. The van der Waals surface area contributed by atoms with Crippen LogP contribution in [0.4, 0.5) is 4.39 Å². The van der Waals surface area contributed by atoms with Crippen LogP contribution in [0.25, 0.3) is 0 Å². The van der Waals surface area contributed by atoms with E-state index in [9.17, 15) is 17.6 Å². The predicted molar refractivity (Wildman–Crippen MR) is 70.9 cm³/mol. The van der Waals surface area contributed by atoms with Gasteiger partial charge in [-0.25, -0.2) is 12.8 Å². The van der Waals surface area contributed by atoms with Crippen LogP contribution in [0.3, 0.4) is 0 Å². The molecule has 0 saturated carbocycles. The number of carbonyl (C=O) groups is 1. The second-order valence-corrected chi connectivity index (χ2v) is 6.73. The molecule has 1 rings (SSSR count). The number of rotatable bonds is 6. The van der Waals surface area contributed by atoms with Crippen molar-refractivity contribution in [1.29, 1.82) is 0 Å². The van der Waals surface area contributed by atoms with Crippen molar-refractivity contribution in [2.75, 3.05) is 12.0 Å². The average molecular weight is 288 g/mol. The second kappa shape index (κ2) is 6.12. The number of nitrogens with one attached hydrogen (secondary N) is 1. The normalized spacial score (nSPS) is 13.2. The van der Waals surface area contributed by atoms with E-state index in [0.29, 0.717) is 5.56 Å². The highest BCUT2D eigenvalue weighted by atomic mass is 32.2. The Kier molecular flexibility index (Phi) is 5.02. The zero-order valence-electron chi connectivity index (χ0n) is 10.8. The third-order valence-corrected chi connectivity index (χ3v) is 3.64. The Labute approximate surface area is 111 Å². The van der Waals surface area contributed by atoms with Gasteiger partial charge >= 0.3 is 0 Å². The minimum atomic E-state index is -3.07. The molecule has 0 fully saturated rings. The van der Waals surface area contributed by atoms with E-state index < -0.39 is 21.6 Å². The maximum absolute atomic E-state index is 13.6. The van der Waals surface area contributed by atoms with Crippen LogP contribution in [0.2, 0.25) is 0 Å². The molecule has 0 aliphatic rings. The van der Waals surface area contributed by atoms with Crippen LogP contribution in [-0.2, 0) is 16.4 Å². The molecule has 0 saturated heterocycles. The molecule has 5 nitrogen and oxygen atoms in total. The van der Waals surface area contributed by atoms with Crippen LogP contribution in [0.5, 0.6) is 0 Å². The zero-order chi connectivity index (χ0) is 14.6. The van der Waals surface area contributed by atoms with Gasteiger partial charge in [-0.2, -0.15) is 0 Å². The number of amides is 1. The highest BCUT2D eigenvalue weighted by molar-refractivity contribution is 7.90. The Bertz CT molecular complexity index is 572. The first kappa shape index (κ1) is 15.6. The van der Waals surface area contributed by atoms with Gasteiger partial charge < -0.3 is 11.1 Å².